The molecule has 0 N–H and O–H groups in total. The second kappa shape index (κ2) is 8.49. The van der Waals surface area contributed by atoms with Gasteiger partial charge < -0.3 is 9.30 Å². The van der Waals surface area contributed by atoms with Gasteiger partial charge in [-0.25, -0.2) is 13.9 Å². The van der Waals surface area contributed by atoms with Gasteiger partial charge in [0.25, 0.3) is 0 Å². The van der Waals surface area contributed by atoms with Gasteiger partial charge >= 0.3 is 24.0 Å². The summed E-state index contributed by atoms with van der Waals surface area (Å²) in [6, 6.07) is 4.79. The molecule has 3 aromatic rings. The summed E-state index contributed by atoms with van der Waals surface area (Å²) in [7, 11) is 2.03. The molecule has 0 aliphatic rings. The van der Waals surface area contributed by atoms with E-state index < -0.39 is 29.7 Å². The summed E-state index contributed by atoms with van der Waals surface area (Å²) >= 11 is 7.47. The van der Waals surface area contributed by atoms with Crippen LogP contribution in [-0.4, -0.2) is 39.8 Å². The molecule has 14 heteroatoms. The monoisotopic (exact) mass is 609 g/mol. The van der Waals surface area contributed by atoms with Crippen LogP contribution >= 0.6 is 34.2 Å². The summed E-state index contributed by atoms with van der Waals surface area (Å²) in [5.74, 6) is -0.941. The first-order valence-electron chi connectivity index (χ1n) is 8.74. The number of esters is 1. The van der Waals surface area contributed by atoms with E-state index in [1.807, 2.05) is 0 Å². The Morgan fingerprint density at radius 1 is 1.06 bits per heavy atom. The van der Waals surface area contributed by atoms with Crippen LogP contribution in [0.1, 0.15) is 16.1 Å². The van der Waals surface area contributed by atoms with E-state index in [9.17, 15) is 35.5 Å². The van der Waals surface area contributed by atoms with Crippen LogP contribution in [0.2, 0.25) is 5.02 Å². The summed E-state index contributed by atoms with van der Waals surface area (Å²) in [5.41, 5.74) is -6.42. The van der Waals surface area contributed by atoms with Crippen LogP contribution in [0.3, 0.4) is 0 Å². The molecule has 0 radical (unpaired) electrons. The van der Waals surface area contributed by atoms with Crippen LogP contribution in [0, 0.1) is 3.57 Å². The molecule has 0 aliphatic carbocycles. The van der Waals surface area contributed by atoms with Crippen molar-refractivity contribution in [1.82, 2.24) is 14.3 Å². The minimum Gasteiger partial charge on any atom is -0.465 e. The number of hydrogen-bond donors (Lipinski definition) is 0. The van der Waals surface area contributed by atoms with E-state index in [0.717, 1.165) is 18.8 Å². The molecule has 0 saturated carbocycles. The van der Waals surface area contributed by atoms with Crippen molar-refractivity contribution in [2.24, 2.45) is 7.05 Å². The van der Waals surface area contributed by atoms with Crippen LogP contribution in [-0.2, 0) is 17.5 Å². The average Bonchev–Trinajstić information content (AvgIpc) is 3.29. The zero-order chi connectivity index (χ0) is 24.9. The molecule has 5 nitrogen and oxygen atoms in total. The number of aromatic nitrogens is 3. The maximum absolute atomic E-state index is 14.6. The first-order chi connectivity index (χ1) is 15.1. The van der Waals surface area contributed by atoms with Gasteiger partial charge in [0.15, 0.2) is 0 Å². The van der Waals surface area contributed by atoms with Crippen LogP contribution < -0.4 is 0 Å². The molecule has 0 aliphatic heterocycles. The van der Waals surface area contributed by atoms with Gasteiger partial charge in [-0.2, -0.15) is 31.4 Å². The van der Waals surface area contributed by atoms with Gasteiger partial charge in [0, 0.05) is 18.8 Å². The summed E-state index contributed by atoms with van der Waals surface area (Å²) < 4.78 is 99.9. The van der Waals surface area contributed by atoms with Crippen molar-refractivity contribution >= 4 is 40.2 Å². The standard InChI is InChI=1S/C19H12ClF7IN3O2/c1-30-14(17(21,18(22,23)24)19(25,26)27)6-13(28)15(30)31-8-10(7-29-31)9-3-4-12(20)11(5-9)16(32)33-2/h3-8H,1-2H3. The number of methoxy groups -OCH3 is 1. The highest BCUT2D eigenvalue weighted by Gasteiger charge is 2.74. The Hall–Kier alpha value is -2.29. The lowest BCUT2D eigenvalue weighted by atomic mass is 10.0. The first kappa shape index (κ1) is 25.3. The van der Waals surface area contributed by atoms with Crippen molar-refractivity contribution < 1.29 is 40.3 Å². The van der Waals surface area contributed by atoms with Crippen molar-refractivity contribution in [2.45, 2.75) is 18.0 Å². The molecule has 0 atom stereocenters. The smallest absolute Gasteiger partial charge is 0.437 e. The zero-order valence-corrected chi connectivity index (χ0v) is 19.4. The van der Waals surface area contributed by atoms with Gasteiger partial charge in [-0.1, -0.05) is 17.7 Å². The minimum absolute atomic E-state index is 0.0396. The molecule has 0 spiro atoms. The Labute approximate surface area is 200 Å². The molecule has 178 valence electrons. The summed E-state index contributed by atoms with van der Waals surface area (Å²) in [5, 5.41) is 4.09. The number of halogens is 9. The van der Waals surface area contributed by atoms with E-state index in [4.69, 9.17) is 11.6 Å². The van der Waals surface area contributed by atoms with Crippen molar-refractivity contribution in [3.8, 4) is 16.9 Å². The first-order valence-corrected chi connectivity index (χ1v) is 10.2. The van der Waals surface area contributed by atoms with E-state index in [1.165, 1.54) is 53.2 Å². The molecule has 2 heterocycles. The third-order valence-corrected chi connectivity index (χ3v) is 5.92. The third-order valence-electron chi connectivity index (χ3n) is 4.79. The number of alkyl halides is 7. The Kier molecular flexibility index (Phi) is 6.52. The van der Waals surface area contributed by atoms with Gasteiger partial charge in [0.1, 0.15) is 5.82 Å². The molecule has 3 rings (SSSR count). The number of rotatable bonds is 4. The van der Waals surface area contributed by atoms with E-state index in [2.05, 4.69) is 9.84 Å². The second-order valence-corrected chi connectivity index (χ2v) is 8.34. The van der Waals surface area contributed by atoms with Gasteiger partial charge in [-0.15, -0.1) is 0 Å². The Morgan fingerprint density at radius 3 is 2.21 bits per heavy atom. The lowest BCUT2D eigenvalue weighted by Crippen LogP contribution is -2.51. The predicted molar refractivity (Wildman–Crippen MR) is 112 cm³/mol. The van der Waals surface area contributed by atoms with Crippen molar-refractivity contribution in [1.29, 1.82) is 0 Å². The highest BCUT2D eigenvalue weighted by molar-refractivity contribution is 14.1. The molecule has 0 unspecified atom stereocenters. The largest absolute Gasteiger partial charge is 0.465 e. The average molecular weight is 610 g/mol. The topological polar surface area (TPSA) is 49.0 Å². The normalized spacial score (nSPS) is 12.8. The van der Waals surface area contributed by atoms with Gasteiger partial charge in [-0.05, 0) is 46.4 Å². The number of hydrogen-bond acceptors (Lipinski definition) is 3. The molecule has 2 aromatic heterocycles. The molecule has 0 bridgehead atoms. The van der Waals surface area contributed by atoms with Gasteiger partial charge in [0.2, 0.25) is 0 Å². The summed E-state index contributed by atoms with van der Waals surface area (Å²) in [6.07, 6.45) is -9.93. The lowest BCUT2D eigenvalue weighted by molar-refractivity contribution is -0.350. The Bertz CT molecular complexity index is 1200. The van der Waals surface area contributed by atoms with Crippen LogP contribution in [0.25, 0.3) is 16.9 Å². The zero-order valence-electron chi connectivity index (χ0n) is 16.5. The number of ether oxygens (including phenoxy) is 1. The van der Waals surface area contributed by atoms with Gasteiger partial charge in [0.05, 0.1) is 33.2 Å². The highest BCUT2D eigenvalue weighted by Crippen LogP contribution is 2.54. The molecular weight excluding hydrogens is 598 g/mol. The number of nitrogens with zero attached hydrogens (tertiary/aromatic N) is 3. The molecule has 0 fully saturated rings. The van der Waals surface area contributed by atoms with E-state index in [1.54, 1.807) is 0 Å². The van der Waals surface area contributed by atoms with Crippen molar-refractivity contribution in [2.75, 3.05) is 7.11 Å². The Balaban J connectivity index is 2.12. The van der Waals surface area contributed by atoms with Crippen molar-refractivity contribution in [3.63, 3.8) is 0 Å². The second-order valence-electron chi connectivity index (χ2n) is 6.77. The fourth-order valence-electron chi connectivity index (χ4n) is 3.16. The van der Waals surface area contributed by atoms with Crippen LogP contribution in [0.15, 0.2) is 36.7 Å². The number of carbonyl (C=O) groups excluding carboxylic acids is 1. The van der Waals surface area contributed by atoms with E-state index in [-0.39, 0.29) is 20.0 Å². The summed E-state index contributed by atoms with van der Waals surface area (Å²) in [6.45, 7) is 0. The van der Waals surface area contributed by atoms with Gasteiger partial charge in [-0.3, -0.25) is 0 Å². The highest BCUT2D eigenvalue weighted by atomic mass is 127. The number of benzene rings is 1. The SMILES string of the molecule is COC(=O)c1cc(-c2cnn(-c3c(I)cc(C(F)(C(F)(F)F)C(F)(F)F)n3C)c2)ccc1Cl. The van der Waals surface area contributed by atoms with Crippen LogP contribution in [0.5, 0.6) is 0 Å². The molecule has 33 heavy (non-hydrogen) atoms. The van der Waals surface area contributed by atoms with Crippen molar-refractivity contribution in [3.05, 3.63) is 56.5 Å². The lowest BCUT2D eigenvalue weighted by Gasteiger charge is -2.30. The van der Waals surface area contributed by atoms with Crippen LogP contribution in [0.4, 0.5) is 30.7 Å². The quantitative estimate of drug-likeness (QED) is 0.201. The minimum atomic E-state index is -6.25. The van der Waals surface area contributed by atoms with E-state index >= 15 is 0 Å². The fourth-order valence-corrected chi connectivity index (χ4v) is 4.26. The maximum atomic E-state index is 14.6. The fraction of sp³-hybridized carbons (Fsp3) is 0.263. The summed E-state index contributed by atoms with van der Waals surface area (Å²) in [4.78, 5) is 11.8. The van der Waals surface area contributed by atoms with E-state index in [0.29, 0.717) is 21.8 Å². The third kappa shape index (κ3) is 4.20. The predicted octanol–water partition coefficient (Wildman–Crippen LogP) is 6.21. The molecular formula is C19H12ClF7IN3O2. The molecule has 0 amide bonds. The Morgan fingerprint density at radius 2 is 1.67 bits per heavy atom. The number of carbonyl (C=O) groups is 1. The molecule has 0 saturated heterocycles. The maximum Gasteiger partial charge on any atom is 0.437 e. The molecule has 1 aromatic carbocycles.